The predicted molar refractivity (Wildman–Crippen MR) is 115 cm³/mol. The molecule has 31 heavy (non-hydrogen) atoms. The van der Waals surface area contributed by atoms with Gasteiger partial charge in [0, 0.05) is 13.1 Å². The van der Waals surface area contributed by atoms with Crippen molar-refractivity contribution in [3.05, 3.63) is 65.5 Å². The predicted octanol–water partition coefficient (Wildman–Crippen LogP) is 5.43. The van der Waals surface area contributed by atoms with Crippen LogP contribution in [0.4, 0.5) is 9.18 Å². The largest absolute Gasteiger partial charge is 0.465 e. The summed E-state index contributed by atoms with van der Waals surface area (Å²) >= 11 is 0. The summed E-state index contributed by atoms with van der Waals surface area (Å²) < 4.78 is 30.0. The summed E-state index contributed by atoms with van der Waals surface area (Å²) in [5, 5.41) is 0. The molecule has 1 amide bonds. The number of hydrogen-bond acceptors (Lipinski definition) is 5. The molecule has 1 heterocycles. The van der Waals surface area contributed by atoms with Crippen LogP contribution in [0.1, 0.15) is 43.1 Å². The molecule has 2 aromatic rings. The molecule has 0 saturated carbocycles. The smallest absolute Gasteiger partial charge is 0.410 e. The Balaban J connectivity index is 1.85. The number of para-hydroxylation sites is 1. The average Bonchev–Trinajstić information content (AvgIpc) is 2.73. The van der Waals surface area contributed by atoms with Gasteiger partial charge in [-0.15, -0.1) is 0 Å². The second-order valence-electron chi connectivity index (χ2n) is 8.14. The van der Waals surface area contributed by atoms with E-state index >= 15 is 0 Å². The van der Waals surface area contributed by atoms with E-state index in [0.29, 0.717) is 19.5 Å². The third-order valence-corrected chi connectivity index (χ3v) is 4.68. The molecule has 1 aliphatic rings. The monoisotopic (exact) mass is 427 g/mol. The van der Waals surface area contributed by atoms with Crippen molar-refractivity contribution >= 4 is 17.6 Å². The van der Waals surface area contributed by atoms with Crippen molar-refractivity contribution in [1.29, 1.82) is 0 Å². The highest BCUT2D eigenvalue weighted by Gasteiger charge is 2.24. The van der Waals surface area contributed by atoms with E-state index in [4.69, 9.17) is 14.2 Å². The van der Waals surface area contributed by atoms with Crippen molar-refractivity contribution in [3.63, 3.8) is 0 Å². The molecule has 0 atom stereocenters. The molecule has 0 aromatic heterocycles. The molecule has 0 N–H and O–H groups in total. The second kappa shape index (κ2) is 9.20. The Labute approximate surface area is 181 Å². The SMILES string of the molecule is COC(=O)c1ccc(C2=CCN(C(=O)OC(C)(C)C)CC2)cc1Oc1ccccc1F. The fourth-order valence-electron chi connectivity index (χ4n) is 3.15. The summed E-state index contributed by atoms with van der Waals surface area (Å²) in [7, 11) is 1.28. The molecule has 0 radical (unpaired) electrons. The van der Waals surface area contributed by atoms with Crippen molar-refractivity contribution in [2.45, 2.75) is 32.8 Å². The van der Waals surface area contributed by atoms with Gasteiger partial charge < -0.3 is 19.1 Å². The second-order valence-corrected chi connectivity index (χ2v) is 8.14. The Morgan fingerprint density at radius 1 is 1.06 bits per heavy atom. The van der Waals surface area contributed by atoms with E-state index in [1.807, 2.05) is 26.8 Å². The van der Waals surface area contributed by atoms with Crippen molar-refractivity contribution in [2.75, 3.05) is 20.2 Å². The van der Waals surface area contributed by atoms with Gasteiger partial charge in [0.15, 0.2) is 11.6 Å². The van der Waals surface area contributed by atoms with Crippen LogP contribution in [0.15, 0.2) is 48.5 Å². The van der Waals surface area contributed by atoms with Crippen LogP contribution in [-0.4, -0.2) is 42.8 Å². The molecule has 0 spiro atoms. The Hall–Kier alpha value is -3.35. The molecule has 3 rings (SSSR count). The van der Waals surface area contributed by atoms with Crippen molar-refractivity contribution in [3.8, 4) is 11.5 Å². The normalized spacial score (nSPS) is 14.0. The number of benzene rings is 2. The number of hydrogen-bond donors (Lipinski definition) is 0. The van der Waals surface area contributed by atoms with Gasteiger partial charge in [0.2, 0.25) is 0 Å². The van der Waals surface area contributed by atoms with Gasteiger partial charge in [-0.1, -0.05) is 24.3 Å². The molecule has 0 bridgehead atoms. The summed E-state index contributed by atoms with van der Waals surface area (Å²) in [5.41, 5.74) is 1.46. The van der Waals surface area contributed by atoms with E-state index in [-0.39, 0.29) is 23.2 Å². The number of esters is 1. The summed E-state index contributed by atoms with van der Waals surface area (Å²) in [6.07, 6.45) is 2.19. The average molecular weight is 427 g/mol. The fraction of sp³-hybridized carbons (Fsp3) is 0.333. The quantitative estimate of drug-likeness (QED) is 0.609. The maximum Gasteiger partial charge on any atom is 0.410 e. The summed E-state index contributed by atoms with van der Waals surface area (Å²) in [6, 6.07) is 11.0. The lowest BCUT2D eigenvalue weighted by Gasteiger charge is -2.29. The number of carbonyl (C=O) groups is 2. The first-order chi connectivity index (χ1) is 14.7. The lowest BCUT2D eigenvalue weighted by Crippen LogP contribution is -2.39. The zero-order valence-corrected chi connectivity index (χ0v) is 18.1. The van der Waals surface area contributed by atoms with E-state index in [1.165, 1.54) is 19.2 Å². The molecule has 164 valence electrons. The first kappa shape index (κ1) is 22.3. The lowest BCUT2D eigenvalue weighted by atomic mass is 9.98. The van der Waals surface area contributed by atoms with Crippen LogP contribution in [0.2, 0.25) is 0 Å². The minimum Gasteiger partial charge on any atom is -0.465 e. The van der Waals surface area contributed by atoms with Crippen LogP contribution in [0.3, 0.4) is 0 Å². The molecule has 1 aliphatic heterocycles. The molecule has 0 aliphatic carbocycles. The van der Waals surface area contributed by atoms with Crippen molar-refractivity contribution in [1.82, 2.24) is 4.90 Å². The minimum absolute atomic E-state index is 0.0125. The van der Waals surface area contributed by atoms with E-state index in [9.17, 15) is 14.0 Å². The van der Waals surface area contributed by atoms with Gasteiger partial charge in [-0.05, 0) is 62.6 Å². The van der Waals surface area contributed by atoms with E-state index in [2.05, 4.69) is 0 Å². The highest BCUT2D eigenvalue weighted by molar-refractivity contribution is 5.93. The molecular weight excluding hydrogens is 401 g/mol. The van der Waals surface area contributed by atoms with Gasteiger partial charge in [-0.25, -0.2) is 14.0 Å². The zero-order chi connectivity index (χ0) is 22.6. The molecule has 0 saturated heterocycles. The lowest BCUT2D eigenvalue weighted by molar-refractivity contribution is 0.0270. The molecule has 6 nitrogen and oxygen atoms in total. The van der Waals surface area contributed by atoms with Gasteiger partial charge in [0.05, 0.1) is 7.11 Å². The Morgan fingerprint density at radius 3 is 2.42 bits per heavy atom. The van der Waals surface area contributed by atoms with E-state index in [0.717, 1.165) is 11.1 Å². The number of nitrogens with zero attached hydrogens (tertiary/aromatic N) is 1. The Bertz CT molecular complexity index is 1010. The van der Waals surface area contributed by atoms with E-state index in [1.54, 1.807) is 35.2 Å². The van der Waals surface area contributed by atoms with Gasteiger partial charge in [0.25, 0.3) is 0 Å². The highest BCUT2D eigenvalue weighted by Crippen LogP contribution is 2.32. The fourth-order valence-corrected chi connectivity index (χ4v) is 3.15. The molecule has 7 heteroatoms. The number of halogens is 1. The summed E-state index contributed by atoms with van der Waals surface area (Å²) in [4.78, 5) is 26.1. The maximum absolute atomic E-state index is 14.1. The van der Waals surface area contributed by atoms with Crippen LogP contribution >= 0.6 is 0 Å². The number of ether oxygens (including phenoxy) is 3. The Kier molecular flexibility index (Phi) is 6.63. The third-order valence-electron chi connectivity index (χ3n) is 4.68. The molecule has 2 aromatic carbocycles. The van der Waals surface area contributed by atoms with Crippen molar-refractivity contribution in [2.24, 2.45) is 0 Å². The Morgan fingerprint density at radius 2 is 1.81 bits per heavy atom. The van der Waals surface area contributed by atoms with Gasteiger partial charge in [-0.2, -0.15) is 0 Å². The van der Waals surface area contributed by atoms with Crippen LogP contribution in [0, 0.1) is 5.82 Å². The van der Waals surface area contributed by atoms with Gasteiger partial charge >= 0.3 is 12.1 Å². The van der Waals surface area contributed by atoms with Crippen LogP contribution in [0.25, 0.3) is 5.57 Å². The third kappa shape index (κ3) is 5.63. The minimum atomic E-state index is -0.577. The van der Waals surface area contributed by atoms with Crippen LogP contribution in [0.5, 0.6) is 11.5 Å². The molecular formula is C24H26FNO5. The molecule has 0 fully saturated rings. The van der Waals surface area contributed by atoms with Crippen molar-refractivity contribution < 1.29 is 28.2 Å². The van der Waals surface area contributed by atoms with Crippen LogP contribution in [-0.2, 0) is 9.47 Å². The number of methoxy groups -OCH3 is 1. The topological polar surface area (TPSA) is 65.1 Å². The number of carbonyl (C=O) groups excluding carboxylic acids is 2. The summed E-state index contributed by atoms with van der Waals surface area (Å²) in [6.45, 7) is 6.40. The molecule has 0 unspecified atom stereocenters. The van der Waals surface area contributed by atoms with Gasteiger partial charge in [0.1, 0.15) is 16.9 Å². The zero-order valence-electron chi connectivity index (χ0n) is 18.1. The maximum atomic E-state index is 14.1. The highest BCUT2D eigenvalue weighted by atomic mass is 19.1. The first-order valence-electron chi connectivity index (χ1n) is 10.00. The summed E-state index contributed by atoms with van der Waals surface area (Å²) in [5.74, 6) is -0.899. The van der Waals surface area contributed by atoms with Crippen LogP contribution < -0.4 is 4.74 Å². The van der Waals surface area contributed by atoms with Gasteiger partial charge in [-0.3, -0.25) is 0 Å². The number of amides is 1. The van der Waals surface area contributed by atoms with E-state index < -0.39 is 17.4 Å². The standard InChI is InChI=1S/C24H26FNO5/c1-24(2,3)31-23(28)26-13-11-16(12-14-26)17-9-10-18(22(27)29-4)21(15-17)30-20-8-6-5-7-19(20)25/h5-11,15H,12-14H2,1-4H3. The number of rotatable bonds is 4. The first-order valence-corrected chi connectivity index (χ1v) is 10.00.